The van der Waals surface area contributed by atoms with Crippen molar-refractivity contribution < 1.29 is 0 Å². The number of hydrogen-bond donors (Lipinski definition) is 2. The quantitative estimate of drug-likeness (QED) is 0.284. The third-order valence-electron chi connectivity index (χ3n) is 15.3. The first-order valence-corrected chi connectivity index (χ1v) is 22.5. The summed E-state index contributed by atoms with van der Waals surface area (Å²) >= 11 is 0. The van der Waals surface area contributed by atoms with Crippen molar-refractivity contribution >= 4 is 5.69 Å². The maximum absolute atomic E-state index is 4.08. The summed E-state index contributed by atoms with van der Waals surface area (Å²) in [6, 6.07) is 11.8. The first-order valence-electron chi connectivity index (χ1n) is 22.5. The Kier molecular flexibility index (Phi) is 9.39. The average molecular weight is 741 g/mol. The van der Waals surface area contributed by atoms with Crippen LogP contribution in [-0.4, -0.2) is 41.3 Å². The highest BCUT2D eigenvalue weighted by Crippen LogP contribution is 2.54. The maximum Gasteiger partial charge on any atom is 0.0839 e. The van der Waals surface area contributed by atoms with Crippen LogP contribution in [0.4, 0.5) is 5.69 Å². The lowest BCUT2D eigenvalue weighted by Crippen LogP contribution is -2.61. The minimum absolute atomic E-state index is 0.206. The van der Waals surface area contributed by atoms with E-state index in [9.17, 15) is 0 Å². The predicted octanol–water partition coefficient (Wildman–Crippen LogP) is 10.9. The number of benzene rings is 1. The molecule has 1 aromatic carbocycles. The van der Waals surface area contributed by atoms with E-state index in [4.69, 9.17) is 0 Å². The van der Waals surface area contributed by atoms with Gasteiger partial charge < -0.3 is 9.80 Å². The van der Waals surface area contributed by atoms with Gasteiger partial charge in [-0.05, 0) is 137 Å². The molecule has 0 aromatic heterocycles. The summed E-state index contributed by atoms with van der Waals surface area (Å²) < 4.78 is 0. The monoisotopic (exact) mass is 740 g/mol. The lowest BCUT2D eigenvalue weighted by Gasteiger charge is -2.43. The summed E-state index contributed by atoms with van der Waals surface area (Å²) in [6.45, 7) is 0. The molecule has 0 radical (unpaired) electrons. The molecule has 10 unspecified atom stereocenters. The van der Waals surface area contributed by atoms with E-state index in [1.165, 1.54) is 68.3 Å². The molecular weight excluding hydrogens is 681 g/mol. The van der Waals surface area contributed by atoms with Gasteiger partial charge >= 0.3 is 0 Å². The van der Waals surface area contributed by atoms with E-state index in [1.54, 1.807) is 28.0 Å². The summed E-state index contributed by atoms with van der Waals surface area (Å²) in [5.41, 5.74) is 12.5. The summed E-state index contributed by atoms with van der Waals surface area (Å²) in [7, 11) is 0. The Morgan fingerprint density at radius 3 is 2.52 bits per heavy atom. The van der Waals surface area contributed by atoms with E-state index in [-0.39, 0.29) is 6.17 Å². The van der Waals surface area contributed by atoms with Gasteiger partial charge in [0, 0.05) is 41.0 Å². The smallest absolute Gasteiger partial charge is 0.0839 e. The van der Waals surface area contributed by atoms with E-state index in [2.05, 4.69) is 142 Å². The van der Waals surface area contributed by atoms with Crippen LogP contribution >= 0.6 is 0 Å². The highest BCUT2D eigenvalue weighted by Gasteiger charge is 2.48. The fourth-order valence-electron chi connectivity index (χ4n) is 12.6. The van der Waals surface area contributed by atoms with Crippen LogP contribution in [0.25, 0.3) is 0 Å². The van der Waals surface area contributed by atoms with Gasteiger partial charge in [0.1, 0.15) is 0 Å². The molecule has 1 aromatic rings. The third kappa shape index (κ3) is 6.27. The molecule has 0 amide bonds. The highest BCUT2D eigenvalue weighted by molar-refractivity contribution is 5.68. The summed E-state index contributed by atoms with van der Waals surface area (Å²) in [6.07, 6.45) is 56.2. The van der Waals surface area contributed by atoms with E-state index < -0.39 is 0 Å². The van der Waals surface area contributed by atoms with Crippen molar-refractivity contribution in [1.29, 1.82) is 0 Å². The van der Waals surface area contributed by atoms with Crippen molar-refractivity contribution in [3.63, 3.8) is 0 Å². The fraction of sp³-hybridized carbons (Fsp3) is 0.462. The summed E-state index contributed by atoms with van der Waals surface area (Å²) in [4.78, 5) is 5.63. The third-order valence-corrected chi connectivity index (χ3v) is 15.3. The molecule has 7 aliphatic carbocycles. The van der Waals surface area contributed by atoms with Crippen molar-refractivity contribution in [3.8, 4) is 0 Å². The Morgan fingerprint density at radius 1 is 0.679 bits per heavy atom. The molecule has 10 aliphatic rings. The zero-order chi connectivity index (χ0) is 37.0. The van der Waals surface area contributed by atoms with Gasteiger partial charge in [-0.3, -0.25) is 10.6 Å². The van der Waals surface area contributed by atoms with E-state index >= 15 is 0 Å². The van der Waals surface area contributed by atoms with Crippen LogP contribution < -0.4 is 15.5 Å². The van der Waals surface area contributed by atoms with Gasteiger partial charge in [-0.15, -0.1) is 0 Å². The van der Waals surface area contributed by atoms with Gasteiger partial charge in [-0.1, -0.05) is 114 Å². The molecule has 4 heteroatoms. The second-order valence-electron chi connectivity index (χ2n) is 18.3. The van der Waals surface area contributed by atoms with Crippen molar-refractivity contribution in [2.75, 3.05) is 4.90 Å². The number of likely N-dealkylation sites (tertiary alicyclic amines) is 1. The topological polar surface area (TPSA) is 30.5 Å². The Hall–Kier alpha value is -4.12. The first-order chi connectivity index (χ1) is 27.8. The van der Waals surface area contributed by atoms with Gasteiger partial charge in [0.15, 0.2) is 0 Å². The molecule has 56 heavy (non-hydrogen) atoms. The van der Waals surface area contributed by atoms with Crippen LogP contribution in [0.5, 0.6) is 0 Å². The average Bonchev–Trinajstić information content (AvgIpc) is 3.79. The minimum Gasteiger partial charge on any atom is -0.361 e. The van der Waals surface area contributed by atoms with Crippen LogP contribution in [0.1, 0.15) is 101 Å². The number of allylic oxidation sites excluding steroid dienone is 15. The number of para-hydroxylation sites is 1. The Balaban J connectivity index is 0.855. The number of nitrogens with zero attached hydrogens (tertiary/aromatic N) is 2. The molecule has 0 spiro atoms. The zero-order valence-electron chi connectivity index (χ0n) is 33.1. The number of hydrogen-bond acceptors (Lipinski definition) is 4. The molecule has 0 bridgehead atoms. The number of nitrogens with one attached hydrogen (secondary N) is 2. The molecule has 2 saturated heterocycles. The lowest BCUT2D eigenvalue weighted by atomic mass is 9.72. The van der Waals surface area contributed by atoms with Crippen molar-refractivity contribution in [2.24, 2.45) is 17.8 Å². The largest absolute Gasteiger partial charge is 0.361 e. The molecule has 288 valence electrons. The van der Waals surface area contributed by atoms with E-state index in [0.29, 0.717) is 53.9 Å². The Labute approximate surface area is 335 Å². The summed E-state index contributed by atoms with van der Waals surface area (Å²) in [5.74, 6) is 2.32. The highest BCUT2D eigenvalue weighted by atomic mass is 15.2. The van der Waals surface area contributed by atoms with E-state index in [0.717, 1.165) is 38.5 Å². The Bertz CT molecular complexity index is 2060. The molecule has 4 nitrogen and oxygen atoms in total. The number of fused-ring (bicyclic) bond motifs is 6. The molecular formula is C52H60N4. The van der Waals surface area contributed by atoms with Crippen LogP contribution in [0.15, 0.2) is 155 Å². The second-order valence-corrected chi connectivity index (χ2v) is 18.3. The van der Waals surface area contributed by atoms with Crippen molar-refractivity contribution in [3.05, 3.63) is 161 Å². The van der Waals surface area contributed by atoms with Crippen LogP contribution in [0.3, 0.4) is 0 Å². The molecule has 2 N–H and O–H groups in total. The van der Waals surface area contributed by atoms with Gasteiger partial charge in [-0.25, -0.2) is 0 Å². The molecule has 0 saturated carbocycles. The fourth-order valence-corrected chi connectivity index (χ4v) is 12.6. The molecule has 3 heterocycles. The first kappa shape index (κ1) is 35.1. The molecule has 2 fully saturated rings. The van der Waals surface area contributed by atoms with Crippen LogP contribution in [0, 0.1) is 17.8 Å². The zero-order valence-corrected chi connectivity index (χ0v) is 33.1. The molecule has 3 aliphatic heterocycles. The SMILES string of the molecule is C1=CCCC(N2C3CCCC=C3C3CCC(C4C=CC5C(C4)c4ccccc4N5C4=CC=C(C5CC(C6C=CC=CC6)NC(C6=CCCC=C6)N5)CC4)=CC32)=C1. The number of anilines is 1. The standard InChI is InChI=1S/C52H60N4/c1-4-14-35(15-5-1)46-34-47(54-52(53-46)37-16-6-2-7-17-37)36-24-28-41(29-25-36)55-49-23-13-11-21-43(49)45-32-38(27-31-50(45)55)39-26-30-44-42-20-10-12-22-48(42)56(51(44)33-39)40-18-8-3-9-19-40/h1,3-6,8,11,13-14,16-18,20-21,23-24,27-28,31,33,35,38,44-48,50-54H,2,7,9-10,12,15,19,22,25-26,29-30,32,34H2. The molecule has 10 atom stereocenters. The van der Waals surface area contributed by atoms with E-state index in [1.807, 2.05) is 0 Å². The van der Waals surface area contributed by atoms with Gasteiger partial charge in [-0.2, -0.15) is 0 Å². The van der Waals surface area contributed by atoms with Crippen LogP contribution in [-0.2, 0) is 0 Å². The lowest BCUT2D eigenvalue weighted by molar-refractivity contribution is 0.241. The normalized spacial score (nSPS) is 37.1. The van der Waals surface area contributed by atoms with Gasteiger partial charge in [0.2, 0.25) is 0 Å². The van der Waals surface area contributed by atoms with Crippen molar-refractivity contribution in [1.82, 2.24) is 15.5 Å². The second kappa shape index (κ2) is 15.0. The predicted molar refractivity (Wildman–Crippen MR) is 232 cm³/mol. The number of rotatable bonds is 6. The van der Waals surface area contributed by atoms with Crippen molar-refractivity contribution in [2.45, 2.75) is 132 Å². The minimum atomic E-state index is 0.206. The molecule has 11 rings (SSSR count). The van der Waals surface area contributed by atoms with Gasteiger partial charge in [0.05, 0.1) is 24.3 Å². The van der Waals surface area contributed by atoms with Gasteiger partial charge in [0.25, 0.3) is 0 Å². The summed E-state index contributed by atoms with van der Waals surface area (Å²) in [5, 5.41) is 8.12. The maximum atomic E-state index is 4.08. The Morgan fingerprint density at radius 2 is 1.66 bits per heavy atom. The van der Waals surface area contributed by atoms with Crippen LogP contribution in [0.2, 0.25) is 0 Å².